The molecule has 0 atom stereocenters. The van der Waals surface area contributed by atoms with Gasteiger partial charge in [-0.1, -0.05) is 18.9 Å². The summed E-state index contributed by atoms with van der Waals surface area (Å²) in [5, 5.41) is 10.5. The quantitative estimate of drug-likeness (QED) is 0.740. The van der Waals surface area contributed by atoms with Crippen LogP contribution >= 0.6 is 11.3 Å². The van der Waals surface area contributed by atoms with Gasteiger partial charge in [-0.25, -0.2) is 4.98 Å². The second-order valence-corrected chi connectivity index (χ2v) is 8.03. The Bertz CT molecular complexity index is 954. The Labute approximate surface area is 156 Å². The Morgan fingerprint density at radius 2 is 2.19 bits per heavy atom. The predicted octanol–water partition coefficient (Wildman–Crippen LogP) is 3.01. The number of fused-ring (bicyclic) bond motifs is 1. The number of thiophene rings is 1. The fraction of sp³-hybridized carbons (Fsp3) is 0.421. The summed E-state index contributed by atoms with van der Waals surface area (Å²) in [7, 11) is 1.86. The van der Waals surface area contributed by atoms with Crippen LogP contribution in [0.5, 0.6) is 0 Å². The number of aryl methyl sites for hydroxylation is 2. The van der Waals surface area contributed by atoms with Crippen LogP contribution in [0, 0.1) is 6.92 Å². The molecule has 26 heavy (non-hydrogen) atoms. The summed E-state index contributed by atoms with van der Waals surface area (Å²) in [4.78, 5) is 19.0. The molecule has 3 aromatic heterocycles. The van der Waals surface area contributed by atoms with Crippen LogP contribution in [-0.2, 0) is 7.05 Å². The Morgan fingerprint density at radius 3 is 2.85 bits per heavy atom. The van der Waals surface area contributed by atoms with Crippen LogP contribution in [0.3, 0.4) is 0 Å². The monoisotopic (exact) mass is 369 g/mol. The summed E-state index contributed by atoms with van der Waals surface area (Å²) in [5.74, 6) is -0.0846. The lowest BCUT2D eigenvalue weighted by atomic mass is 9.96. The molecule has 0 unspecified atom stereocenters. The number of hydrogen-bond acceptors (Lipinski definition) is 5. The standard InChI is InChI=1S/C19H23N5OS/c1-12-16-13(18(25)22-19(11-20)7-3-4-8-19)10-14(15-6-5-9-26-15)21-17(16)24(2)23-12/h5-6,9-10H,3-4,7-8,11,20H2,1-2H3,(H,22,25). The molecule has 4 rings (SSSR count). The minimum Gasteiger partial charge on any atom is -0.345 e. The third-order valence-electron chi connectivity index (χ3n) is 5.32. The Hall–Kier alpha value is -2.25. The molecule has 0 spiro atoms. The van der Waals surface area contributed by atoms with E-state index in [1.807, 2.05) is 37.6 Å². The van der Waals surface area contributed by atoms with Crippen LogP contribution < -0.4 is 11.1 Å². The molecule has 0 aromatic carbocycles. The first kappa shape index (κ1) is 17.2. The third-order valence-corrected chi connectivity index (χ3v) is 6.21. The minimum atomic E-state index is -0.286. The van der Waals surface area contributed by atoms with Crippen LogP contribution in [0.2, 0.25) is 0 Å². The summed E-state index contributed by atoms with van der Waals surface area (Å²) < 4.78 is 1.74. The number of rotatable bonds is 4. The topological polar surface area (TPSA) is 85.8 Å². The number of pyridine rings is 1. The Balaban J connectivity index is 1.83. The molecule has 1 amide bonds. The van der Waals surface area contributed by atoms with Gasteiger partial charge in [0.1, 0.15) is 0 Å². The first-order chi connectivity index (χ1) is 12.5. The van der Waals surface area contributed by atoms with Gasteiger partial charge in [0.15, 0.2) is 5.65 Å². The molecule has 3 N–H and O–H groups in total. The fourth-order valence-corrected chi connectivity index (χ4v) is 4.60. The number of aromatic nitrogens is 3. The van der Waals surface area contributed by atoms with Gasteiger partial charge < -0.3 is 11.1 Å². The highest BCUT2D eigenvalue weighted by Gasteiger charge is 2.35. The molecule has 0 bridgehead atoms. The van der Waals surface area contributed by atoms with Crippen molar-refractivity contribution in [2.75, 3.05) is 6.54 Å². The van der Waals surface area contributed by atoms with Crippen molar-refractivity contribution in [1.82, 2.24) is 20.1 Å². The number of carbonyl (C=O) groups excluding carboxylic acids is 1. The highest BCUT2D eigenvalue weighted by Crippen LogP contribution is 2.32. The van der Waals surface area contributed by atoms with Crippen LogP contribution in [0.4, 0.5) is 0 Å². The molecule has 0 aliphatic heterocycles. The lowest BCUT2D eigenvalue weighted by Gasteiger charge is -2.29. The second-order valence-electron chi connectivity index (χ2n) is 7.09. The predicted molar refractivity (Wildman–Crippen MR) is 104 cm³/mol. The van der Waals surface area contributed by atoms with Crippen molar-refractivity contribution in [2.45, 2.75) is 38.1 Å². The first-order valence-corrected chi connectivity index (χ1v) is 9.82. The highest BCUT2D eigenvalue weighted by atomic mass is 32.1. The summed E-state index contributed by atoms with van der Waals surface area (Å²) in [6, 6.07) is 5.89. The van der Waals surface area contributed by atoms with E-state index in [4.69, 9.17) is 10.7 Å². The van der Waals surface area contributed by atoms with Crippen molar-refractivity contribution in [2.24, 2.45) is 12.8 Å². The van der Waals surface area contributed by atoms with Crippen molar-refractivity contribution >= 4 is 28.3 Å². The van der Waals surface area contributed by atoms with Gasteiger partial charge >= 0.3 is 0 Å². The van der Waals surface area contributed by atoms with Crippen molar-refractivity contribution < 1.29 is 4.79 Å². The summed E-state index contributed by atoms with van der Waals surface area (Å²) in [6.45, 7) is 2.39. The third kappa shape index (κ3) is 2.81. The summed E-state index contributed by atoms with van der Waals surface area (Å²) in [5.41, 5.74) is 8.69. The maximum absolute atomic E-state index is 13.2. The normalized spacial score (nSPS) is 16.3. The molecular formula is C19H23N5OS. The van der Waals surface area contributed by atoms with Gasteiger partial charge in [0.2, 0.25) is 0 Å². The smallest absolute Gasteiger partial charge is 0.252 e. The average molecular weight is 369 g/mol. The molecule has 3 aromatic rings. The van der Waals surface area contributed by atoms with Crippen LogP contribution in [0.15, 0.2) is 23.6 Å². The first-order valence-electron chi connectivity index (χ1n) is 8.94. The SMILES string of the molecule is Cc1nn(C)c2nc(-c3cccs3)cc(C(=O)NC3(CN)CCCC3)c12. The largest absolute Gasteiger partial charge is 0.345 e. The van der Waals surface area contributed by atoms with Gasteiger partial charge in [-0.2, -0.15) is 5.10 Å². The zero-order valence-corrected chi connectivity index (χ0v) is 15.9. The molecule has 136 valence electrons. The van der Waals surface area contributed by atoms with Crippen molar-refractivity contribution in [3.63, 3.8) is 0 Å². The summed E-state index contributed by atoms with van der Waals surface area (Å²) in [6.07, 6.45) is 4.09. The Kier molecular flexibility index (Phi) is 4.28. The zero-order valence-electron chi connectivity index (χ0n) is 15.1. The maximum atomic E-state index is 13.2. The van der Waals surface area contributed by atoms with Gasteiger partial charge in [-0.3, -0.25) is 9.48 Å². The fourth-order valence-electron chi connectivity index (χ4n) is 3.91. The molecule has 1 aliphatic carbocycles. The van der Waals surface area contributed by atoms with E-state index < -0.39 is 0 Å². The Morgan fingerprint density at radius 1 is 1.42 bits per heavy atom. The molecule has 1 saturated carbocycles. The molecular weight excluding hydrogens is 346 g/mol. The van der Waals surface area contributed by atoms with Gasteiger partial charge in [0, 0.05) is 13.6 Å². The van der Waals surface area contributed by atoms with Crippen LogP contribution in [0.1, 0.15) is 41.7 Å². The van der Waals surface area contributed by atoms with Crippen molar-refractivity contribution in [3.8, 4) is 10.6 Å². The van der Waals surface area contributed by atoms with Crippen molar-refractivity contribution in [1.29, 1.82) is 0 Å². The van der Waals surface area contributed by atoms with E-state index in [2.05, 4.69) is 10.4 Å². The number of nitrogens with two attached hydrogens (primary N) is 1. The van der Waals surface area contributed by atoms with E-state index in [9.17, 15) is 4.79 Å². The molecule has 0 radical (unpaired) electrons. The van der Waals surface area contributed by atoms with E-state index in [1.54, 1.807) is 16.0 Å². The summed E-state index contributed by atoms with van der Waals surface area (Å²) >= 11 is 1.61. The lowest BCUT2D eigenvalue weighted by molar-refractivity contribution is 0.0904. The molecule has 3 heterocycles. The number of hydrogen-bond donors (Lipinski definition) is 2. The number of amides is 1. The van der Waals surface area contributed by atoms with E-state index in [0.717, 1.165) is 53.0 Å². The van der Waals surface area contributed by atoms with Crippen molar-refractivity contribution in [3.05, 3.63) is 34.8 Å². The van der Waals surface area contributed by atoms with E-state index in [-0.39, 0.29) is 11.4 Å². The number of nitrogens with zero attached hydrogens (tertiary/aromatic N) is 3. The lowest BCUT2D eigenvalue weighted by Crippen LogP contribution is -2.51. The van der Waals surface area contributed by atoms with Crippen LogP contribution in [-0.4, -0.2) is 32.8 Å². The van der Waals surface area contributed by atoms with Gasteiger partial charge in [0.05, 0.1) is 32.8 Å². The van der Waals surface area contributed by atoms with Crippen LogP contribution in [0.25, 0.3) is 21.6 Å². The average Bonchev–Trinajstić information content (AvgIpc) is 3.37. The molecule has 0 saturated heterocycles. The van der Waals surface area contributed by atoms with E-state index in [1.165, 1.54) is 0 Å². The number of carbonyl (C=O) groups is 1. The maximum Gasteiger partial charge on any atom is 0.252 e. The zero-order chi connectivity index (χ0) is 18.3. The van der Waals surface area contributed by atoms with Gasteiger partial charge in [-0.05, 0) is 37.3 Å². The molecule has 7 heteroatoms. The molecule has 1 aliphatic rings. The molecule has 6 nitrogen and oxygen atoms in total. The van der Waals surface area contributed by atoms with E-state index >= 15 is 0 Å². The number of nitrogens with one attached hydrogen (secondary N) is 1. The highest BCUT2D eigenvalue weighted by molar-refractivity contribution is 7.13. The van der Waals surface area contributed by atoms with Gasteiger partial charge in [-0.15, -0.1) is 11.3 Å². The van der Waals surface area contributed by atoms with E-state index in [0.29, 0.717) is 12.1 Å². The minimum absolute atomic E-state index is 0.0846. The van der Waals surface area contributed by atoms with Gasteiger partial charge in [0.25, 0.3) is 5.91 Å². The molecule has 1 fully saturated rings. The second kappa shape index (κ2) is 6.48.